The Morgan fingerprint density at radius 1 is 0.762 bits per heavy atom. The molecule has 0 unspecified atom stereocenters. The number of carbonyl (C=O) groups excluding carboxylic acids is 2. The molecule has 2 amide bonds. The molecule has 9 rings (SSSR count). The lowest BCUT2D eigenvalue weighted by molar-refractivity contribution is -0.122. The van der Waals surface area contributed by atoms with E-state index in [0.717, 1.165) is 44.5 Å². The van der Waals surface area contributed by atoms with Gasteiger partial charge >= 0.3 is 0 Å². The van der Waals surface area contributed by atoms with Gasteiger partial charge < -0.3 is 4.74 Å². The molecule has 1 fully saturated rings. The second-order valence-electron chi connectivity index (χ2n) is 11.2. The van der Waals surface area contributed by atoms with E-state index in [4.69, 9.17) is 9.73 Å². The van der Waals surface area contributed by atoms with Crippen LogP contribution in [0, 0.1) is 11.8 Å². The molecule has 204 valence electrons. The smallest absolute Gasteiger partial charge is 0.239 e. The lowest BCUT2D eigenvalue weighted by Gasteiger charge is -2.52. The minimum Gasteiger partial charge on any atom is -0.494 e. The average Bonchev–Trinajstić information content (AvgIpc) is 3.31. The van der Waals surface area contributed by atoms with E-state index in [9.17, 15) is 9.59 Å². The molecule has 0 aromatic heterocycles. The van der Waals surface area contributed by atoms with Crippen molar-refractivity contribution in [3.63, 3.8) is 0 Å². The van der Waals surface area contributed by atoms with Crippen LogP contribution in [0.5, 0.6) is 5.75 Å². The van der Waals surface area contributed by atoms with E-state index in [1.807, 2.05) is 104 Å². The third-order valence-corrected chi connectivity index (χ3v) is 9.26. The number of benzene rings is 5. The topological polar surface area (TPSA) is 59.0 Å². The number of nitrogens with zero attached hydrogens (tertiary/aromatic N) is 2. The van der Waals surface area contributed by atoms with E-state index in [2.05, 4.69) is 24.3 Å². The zero-order valence-electron chi connectivity index (χ0n) is 23.1. The summed E-state index contributed by atoms with van der Waals surface area (Å²) in [5.74, 6) is -0.897. The largest absolute Gasteiger partial charge is 0.494 e. The molecule has 2 bridgehead atoms. The number of fused-ring (bicyclic) bond motifs is 1. The van der Waals surface area contributed by atoms with Gasteiger partial charge in [0.1, 0.15) is 5.75 Å². The zero-order chi connectivity index (χ0) is 28.4. The van der Waals surface area contributed by atoms with E-state index >= 15 is 0 Å². The summed E-state index contributed by atoms with van der Waals surface area (Å²) in [4.78, 5) is 35.8. The third kappa shape index (κ3) is 3.28. The van der Waals surface area contributed by atoms with Crippen LogP contribution in [0.3, 0.4) is 0 Å². The fourth-order valence-corrected chi connectivity index (χ4v) is 7.66. The number of amides is 2. The van der Waals surface area contributed by atoms with Crippen LogP contribution >= 0.6 is 0 Å². The van der Waals surface area contributed by atoms with Crippen LogP contribution in [0.15, 0.2) is 120 Å². The standard InChI is InChI=1S/C37H28N2O3/c1-2-42-25-20-18-24(19-21-25)38-22-37-29-15-7-5-13-27(29)32(28-14-6-8-16-30(28)37)33-34(37)36(41)39(35(33)40)31-17-9-11-23-10-3-4-12-26(23)31/h3-22,32-34H,2H2,1H3/t32?,33-,34-,37?/m1/s1. The van der Waals surface area contributed by atoms with E-state index in [1.165, 1.54) is 4.90 Å². The first-order chi connectivity index (χ1) is 20.6. The van der Waals surface area contributed by atoms with Gasteiger partial charge in [-0.25, -0.2) is 4.90 Å². The second-order valence-corrected chi connectivity index (χ2v) is 11.2. The van der Waals surface area contributed by atoms with Crippen molar-refractivity contribution in [3.05, 3.63) is 138 Å². The fourth-order valence-electron chi connectivity index (χ4n) is 7.66. The van der Waals surface area contributed by atoms with Gasteiger partial charge in [0.25, 0.3) is 0 Å². The van der Waals surface area contributed by atoms with Crippen molar-refractivity contribution in [2.45, 2.75) is 18.3 Å². The van der Waals surface area contributed by atoms with E-state index in [1.54, 1.807) is 0 Å². The van der Waals surface area contributed by atoms with Crippen LogP contribution in [0.25, 0.3) is 10.8 Å². The predicted octanol–water partition coefficient (Wildman–Crippen LogP) is 7.19. The molecule has 5 aromatic rings. The van der Waals surface area contributed by atoms with Gasteiger partial charge in [0.15, 0.2) is 0 Å². The number of aliphatic imine (C=N–C) groups is 1. The van der Waals surface area contributed by atoms with Crippen LogP contribution in [0.4, 0.5) is 11.4 Å². The van der Waals surface area contributed by atoms with Crippen LogP contribution in [0.2, 0.25) is 0 Å². The Labute approximate surface area is 244 Å². The SMILES string of the molecule is CCOc1ccc(N=CC23c4ccccc4C(c4ccccc42)[C@H]2C(=O)N(c4cccc5ccccc45)C(=O)[C@@H]23)cc1. The van der Waals surface area contributed by atoms with Crippen molar-refractivity contribution in [3.8, 4) is 5.75 Å². The van der Waals surface area contributed by atoms with Crippen molar-refractivity contribution in [2.24, 2.45) is 16.8 Å². The highest BCUT2D eigenvalue weighted by Gasteiger charge is 2.68. The van der Waals surface area contributed by atoms with E-state index < -0.39 is 17.3 Å². The number of hydrogen-bond donors (Lipinski definition) is 0. The molecule has 42 heavy (non-hydrogen) atoms. The van der Waals surface area contributed by atoms with Gasteiger partial charge in [-0.2, -0.15) is 0 Å². The number of ether oxygens (including phenoxy) is 1. The molecule has 0 saturated carbocycles. The molecule has 1 heterocycles. The number of carbonyl (C=O) groups is 2. The molecule has 2 atom stereocenters. The van der Waals surface area contributed by atoms with Gasteiger partial charge in [-0.15, -0.1) is 0 Å². The Morgan fingerprint density at radius 2 is 1.40 bits per heavy atom. The first-order valence-electron chi connectivity index (χ1n) is 14.5. The number of rotatable bonds is 5. The number of hydrogen-bond acceptors (Lipinski definition) is 4. The lowest BCUT2D eigenvalue weighted by Crippen LogP contribution is -2.54. The van der Waals surface area contributed by atoms with Crippen molar-refractivity contribution in [1.29, 1.82) is 0 Å². The number of imide groups is 1. The van der Waals surface area contributed by atoms with Gasteiger partial charge in [-0.3, -0.25) is 14.6 Å². The molecule has 5 nitrogen and oxygen atoms in total. The van der Waals surface area contributed by atoms with Gasteiger partial charge in [0.05, 0.1) is 35.2 Å². The Kier molecular flexibility index (Phi) is 5.45. The maximum atomic E-state index is 14.8. The van der Waals surface area contributed by atoms with Crippen molar-refractivity contribution >= 4 is 40.2 Å². The van der Waals surface area contributed by atoms with E-state index in [-0.39, 0.29) is 17.7 Å². The quantitative estimate of drug-likeness (QED) is 0.173. The highest BCUT2D eigenvalue weighted by molar-refractivity contribution is 6.27. The maximum absolute atomic E-state index is 14.8. The third-order valence-electron chi connectivity index (χ3n) is 9.26. The van der Waals surface area contributed by atoms with Crippen molar-refractivity contribution < 1.29 is 14.3 Å². The molecule has 3 aliphatic carbocycles. The lowest BCUT2D eigenvalue weighted by atomic mass is 9.47. The summed E-state index contributed by atoms with van der Waals surface area (Å²) >= 11 is 0. The summed E-state index contributed by atoms with van der Waals surface area (Å²) in [7, 11) is 0. The normalized spacial score (nSPS) is 23.7. The first kappa shape index (κ1) is 24.7. The molecule has 5 aromatic carbocycles. The molecule has 1 aliphatic heterocycles. The highest BCUT2D eigenvalue weighted by atomic mass is 16.5. The monoisotopic (exact) mass is 548 g/mol. The van der Waals surface area contributed by atoms with E-state index in [0.29, 0.717) is 12.3 Å². The van der Waals surface area contributed by atoms with Gasteiger partial charge in [0, 0.05) is 17.5 Å². The molecule has 1 saturated heterocycles. The molecule has 0 N–H and O–H groups in total. The minimum absolute atomic E-state index is 0.144. The summed E-state index contributed by atoms with van der Waals surface area (Å²) in [6.07, 6.45) is 1.94. The maximum Gasteiger partial charge on any atom is 0.239 e. The van der Waals surface area contributed by atoms with Gasteiger partial charge in [0.2, 0.25) is 11.8 Å². The van der Waals surface area contributed by atoms with Crippen molar-refractivity contribution in [1.82, 2.24) is 0 Å². The van der Waals surface area contributed by atoms with Crippen LogP contribution in [-0.4, -0.2) is 24.6 Å². The Bertz CT molecular complexity index is 1870. The predicted molar refractivity (Wildman–Crippen MR) is 165 cm³/mol. The molecular weight excluding hydrogens is 520 g/mol. The summed E-state index contributed by atoms with van der Waals surface area (Å²) in [6, 6.07) is 37.9. The Morgan fingerprint density at radius 3 is 2.12 bits per heavy atom. The van der Waals surface area contributed by atoms with Crippen LogP contribution in [-0.2, 0) is 15.0 Å². The zero-order valence-corrected chi connectivity index (χ0v) is 23.1. The van der Waals surface area contributed by atoms with Crippen LogP contribution < -0.4 is 9.64 Å². The first-order valence-corrected chi connectivity index (χ1v) is 14.5. The molecule has 0 radical (unpaired) electrons. The molecular formula is C37H28N2O3. The highest BCUT2D eigenvalue weighted by Crippen LogP contribution is 2.64. The van der Waals surface area contributed by atoms with Crippen molar-refractivity contribution in [2.75, 3.05) is 11.5 Å². The second kappa shape index (κ2) is 9.25. The molecule has 0 spiro atoms. The minimum atomic E-state index is -0.905. The number of anilines is 1. The summed E-state index contributed by atoms with van der Waals surface area (Å²) < 4.78 is 5.62. The summed E-state index contributed by atoms with van der Waals surface area (Å²) in [5.41, 5.74) is 4.78. The fraction of sp³-hybridized carbons (Fsp3) is 0.162. The Hall–Kier alpha value is -5.03. The average molecular weight is 549 g/mol. The molecule has 4 aliphatic rings. The van der Waals surface area contributed by atoms with Gasteiger partial charge in [-0.05, 0) is 64.9 Å². The summed E-state index contributed by atoms with van der Waals surface area (Å²) in [5, 5.41) is 1.88. The summed E-state index contributed by atoms with van der Waals surface area (Å²) in [6.45, 7) is 2.55. The van der Waals surface area contributed by atoms with Crippen LogP contribution in [0.1, 0.15) is 35.1 Å². The Balaban J connectivity index is 1.36. The van der Waals surface area contributed by atoms with Gasteiger partial charge in [-0.1, -0.05) is 84.9 Å². The molecule has 5 heteroatoms.